The van der Waals surface area contributed by atoms with E-state index in [1.807, 2.05) is 6.92 Å². The highest BCUT2D eigenvalue weighted by Crippen LogP contribution is 2.66. The summed E-state index contributed by atoms with van der Waals surface area (Å²) in [5.74, 6) is 0.638. The van der Waals surface area contributed by atoms with Crippen LogP contribution < -0.4 is 5.32 Å². The molecule has 0 heterocycles. The second-order valence-electron chi connectivity index (χ2n) is 7.08. The Morgan fingerprint density at radius 2 is 2.00 bits per heavy atom. The Kier molecular flexibility index (Phi) is 3.58. The maximum Gasteiger partial charge on any atom is 0.407 e. The summed E-state index contributed by atoms with van der Waals surface area (Å²) < 4.78 is 5.08. The average Bonchev–Trinajstić information content (AvgIpc) is 2.60. The van der Waals surface area contributed by atoms with Crippen LogP contribution in [0.25, 0.3) is 0 Å². The summed E-state index contributed by atoms with van der Waals surface area (Å²) >= 11 is 0. The van der Waals surface area contributed by atoms with Gasteiger partial charge in [-0.05, 0) is 50.6 Å². The SMILES string of the molecule is CCOC(=O)N[C@H]1[C@@H](N(C)C)[C@@H]2CC[C@]1(C)C2(C)C. The predicted octanol–water partition coefficient (Wildman–Crippen LogP) is 2.49. The highest BCUT2D eigenvalue weighted by molar-refractivity contribution is 5.68. The van der Waals surface area contributed by atoms with Crippen molar-refractivity contribution in [2.75, 3.05) is 20.7 Å². The number of hydrogen-bond donors (Lipinski definition) is 1. The molecule has 0 aromatic carbocycles. The van der Waals surface area contributed by atoms with Crippen molar-refractivity contribution in [3.05, 3.63) is 0 Å². The number of alkyl carbamates (subject to hydrolysis) is 1. The van der Waals surface area contributed by atoms with Crippen LogP contribution in [0.2, 0.25) is 0 Å². The fraction of sp³-hybridized carbons (Fsp3) is 0.933. The van der Waals surface area contributed by atoms with E-state index in [2.05, 4.69) is 45.1 Å². The molecule has 0 unspecified atom stereocenters. The normalized spacial score (nSPS) is 39.6. The molecule has 1 N–H and O–H groups in total. The van der Waals surface area contributed by atoms with Crippen LogP contribution in [-0.2, 0) is 4.74 Å². The minimum Gasteiger partial charge on any atom is -0.450 e. The van der Waals surface area contributed by atoms with Gasteiger partial charge in [-0.1, -0.05) is 20.8 Å². The summed E-state index contributed by atoms with van der Waals surface area (Å²) in [6.07, 6.45) is 2.17. The highest BCUT2D eigenvalue weighted by Gasteiger charge is 2.67. The lowest BCUT2D eigenvalue weighted by Crippen LogP contribution is -2.56. The molecule has 0 saturated heterocycles. The summed E-state index contributed by atoms with van der Waals surface area (Å²) in [6.45, 7) is 9.31. The number of hydrogen-bond acceptors (Lipinski definition) is 3. The van der Waals surface area contributed by atoms with Crippen molar-refractivity contribution in [2.24, 2.45) is 16.7 Å². The molecule has 4 nitrogen and oxygen atoms in total. The van der Waals surface area contributed by atoms with Gasteiger partial charge in [0.1, 0.15) is 0 Å². The Balaban J connectivity index is 2.27. The van der Waals surface area contributed by atoms with Gasteiger partial charge in [0.15, 0.2) is 0 Å². The zero-order valence-electron chi connectivity index (χ0n) is 13.1. The van der Waals surface area contributed by atoms with Gasteiger partial charge in [-0.15, -0.1) is 0 Å². The van der Waals surface area contributed by atoms with Crippen LogP contribution in [0.3, 0.4) is 0 Å². The maximum atomic E-state index is 11.8. The number of fused-ring (bicyclic) bond motifs is 2. The molecule has 0 aromatic rings. The zero-order valence-corrected chi connectivity index (χ0v) is 13.1. The largest absolute Gasteiger partial charge is 0.450 e. The molecule has 0 aliphatic heterocycles. The third-order valence-electron chi connectivity index (χ3n) is 5.96. The van der Waals surface area contributed by atoms with E-state index in [1.165, 1.54) is 12.8 Å². The number of amides is 1. The van der Waals surface area contributed by atoms with E-state index in [9.17, 15) is 4.79 Å². The van der Waals surface area contributed by atoms with E-state index in [4.69, 9.17) is 4.74 Å². The minimum atomic E-state index is -0.274. The fourth-order valence-corrected chi connectivity index (χ4v) is 4.53. The standard InChI is InChI=1S/C15H28N2O2/c1-7-19-13(18)16-12-11(17(5)6)10-8-9-15(12,4)14(10,2)3/h10-12H,7-9H2,1-6H3,(H,16,18)/t10-,11-,12-,15-/m0/s1. The number of nitrogens with zero attached hydrogens (tertiary/aromatic N) is 1. The van der Waals surface area contributed by atoms with Crippen molar-refractivity contribution < 1.29 is 9.53 Å². The number of ether oxygens (including phenoxy) is 1. The van der Waals surface area contributed by atoms with Gasteiger partial charge in [0.05, 0.1) is 12.6 Å². The van der Waals surface area contributed by atoms with Crippen molar-refractivity contribution >= 4 is 6.09 Å². The molecule has 0 radical (unpaired) electrons. The molecule has 1 amide bonds. The second kappa shape index (κ2) is 4.65. The van der Waals surface area contributed by atoms with E-state index >= 15 is 0 Å². The van der Waals surface area contributed by atoms with Gasteiger partial charge < -0.3 is 15.0 Å². The van der Waals surface area contributed by atoms with Gasteiger partial charge in [0, 0.05) is 6.04 Å². The summed E-state index contributed by atoms with van der Waals surface area (Å²) in [5.41, 5.74) is 0.408. The summed E-state index contributed by atoms with van der Waals surface area (Å²) in [4.78, 5) is 14.1. The third kappa shape index (κ3) is 1.95. The minimum absolute atomic E-state index is 0.152. The first-order valence-corrected chi connectivity index (χ1v) is 7.35. The van der Waals surface area contributed by atoms with E-state index in [0.717, 1.165) is 0 Å². The molecule has 0 spiro atoms. The van der Waals surface area contributed by atoms with Crippen LogP contribution in [0.15, 0.2) is 0 Å². The number of carbonyl (C=O) groups excluding carboxylic acids is 1. The maximum absolute atomic E-state index is 11.8. The molecule has 2 rings (SSSR count). The Hall–Kier alpha value is -0.770. The summed E-state index contributed by atoms with van der Waals surface area (Å²) in [6, 6.07) is 0.577. The zero-order chi connectivity index (χ0) is 14.4. The van der Waals surface area contributed by atoms with E-state index in [1.54, 1.807) is 0 Å². The fourth-order valence-electron chi connectivity index (χ4n) is 4.53. The summed E-state index contributed by atoms with van der Waals surface area (Å²) in [5, 5.41) is 3.14. The average molecular weight is 268 g/mol. The van der Waals surface area contributed by atoms with Crippen molar-refractivity contribution in [1.29, 1.82) is 0 Å². The van der Waals surface area contributed by atoms with Gasteiger partial charge in [-0.3, -0.25) is 0 Å². The quantitative estimate of drug-likeness (QED) is 0.855. The topological polar surface area (TPSA) is 41.6 Å². The molecule has 4 heteroatoms. The van der Waals surface area contributed by atoms with Crippen molar-refractivity contribution in [3.63, 3.8) is 0 Å². The molecule has 2 aliphatic carbocycles. The van der Waals surface area contributed by atoms with Crippen molar-refractivity contribution in [1.82, 2.24) is 10.2 Å². The lowest BCUT2D eigenvalue weighted by molar-refractivity contribution is 0.0918. The van der Waals surface area contributed by atoms with Crippen LogP contribution in [0.5, 0.6) is 0 Å². The molecular formula is C15H28N2O2. The second-order valence-corrected chi connectivity index (χ2v) is 7.08. The van der Waals surface area contributed by atoms with Gasteiger partial charge >= 0.3 is 6.09 Å². The summed E-state index contributed by atoms with van der Waals surface area (Å²) in [7, 11) is 4.23. The predicted molar refractivity (Wildman–Crippen MR) is 76.0 cm³/mol. The van der Waals surface area contributed by atoms with Gasteiger partial charge in [0.2, 0.25) is 0 Å². The number of carbonyl (C=O) groups is 1. The Bertz CT molecular complexity index is 367. The van der Waals surface area contributed by atoms with Gasteiger partial charge in [0.25, 0.3) is 0 Å². The molecule has 0 aromatic heterocycles. The van der Waals surface area contributed by atoms with Crippen molar-refractivity contribution in [3.8, 4) is 0 Å². The third-order valence-corrected chi connectivity index (χ3v) is 5.96. The number of rotatable bonds is 3. The lowest BCUT2D eigenvalue weighted by atomic mass is 9.69. The van der Waals surface area contributed by atoms with Crippen LogP contribution in [0.1, 0.15) is 40.5 Å². The van der Waals surface area contributed by atoms with Gasteiger partial charge in [-0.2, -0.15) is 0 Å². The van der Waals surface area contributed by atoms with E-state index < -0.39 is 0 Å². The Labute approximate surface area is 116 Å². The van der Waals surface area contributed by atoms with Crippen LogP contribution >= 0.6 is 0 Å². The molecule has 4 atom stereocenters. The molecular weight excluding hydrogens is 240 g/mol. The van der Waals surface area contributed by atoms with Gasteiger partial charge in [-0.25, -0.2) is 4.79 Å². The molecule has 2 bridgehead atoms. The molecule has 2 saturated carbocycles. The first-order chi connectivity index (χ1) is 8.75. The Morgan fingerprint density at radius 3 is 2.53 bits per heavy atom. The first-order valence-electron chi connectivity index (χ1n) is 7.35. The highest BCUT2D eigenvalue weighted by atomic mass is 16.5. The lowest BCUT2D eigenvalue weighted by Gasteiger charge is -2.41. The number of likely N-dealkylation sites (N-methyl/N-ethyl adjacent to an activating group) is 1. The van der Waals surface area contributed by atoms with E-state index in [0.29, 0.717) is 18.6 Å². The smallest absolute Gasteiger partial charge is 0.407 e. The molecule has 2 fully saturated rings. The van der Waals surface area contributed by atoms with Crippen LogP contribution in [0.4, 0.5) is 4.79 Å². The monoisotopic (exact) mass is 268 g/mol. The molecule has 2 aliphatic rings. The van der Waals surface area contributed by atoms with Crippen LogP contribution in [0, 0.1) is 16.7 Å². The van der Waals surface area contributed by atoms with E-state index in [-0.39, 0.29) is 23.0 Å². The van der Waals surface area contributed by atoms with Crippen molar-refractivity contribution in [2.45, 2.75) is 52.6 Å². The van der Waals surface area contributed by atoms with Crippen LogP contribution in [-0.4, -0.2) is 43.8 Å². The Morgan fingerprint density at radius 1 is 1.37 bits per heavy atom. The number of nitrogens with one attached hydrogen (secondary N) is 1. The molecule has 19 heavy (non-hydrogen) atoms. The molecule has 110 valence electrons. The first kappa shape index (κ1) is 14.6.